The zero-order valence-corrected chi connectivity index (χ0v) is 14.1. The molecule has 0 fully saturated rings. The van der Waals surface area contributed by atoms with Gasteiger partial charge in [-0.05, 0) is 31.5 Å². The van der Waals surface area contributed by atoms with Crippen molar-refractivity contribution in [3.05, 3.63) is 30.2 Å². The summed E-state index contributed by atoms with van der Waals surface area (Å²) in [5.74, 6) is 1.28. The molecule has 0 saturated carbocycles. The smallest absolute Gasteiger partial charge is 0.150 e. The lowest BCUT2D eigenvalue weighted by atomic mass is 10.0. The molecule has 0 amide bonds. The van der Waals surface area contributed by atoms with Gasteiger partial charge in [0.15, 0.2) is 5.82 Å². The van der Waals surface area contributed by atoms with E-state index in [1.807, 2.05) is 18.2 Å². The summed E-state index contributed by atoms with van der Waals surface area (Å²) in [5, 5.41) is 10.2. The van der Waals surface area contributed by atoms with Crippen molar-refractivity contribution in [2.24, 2.45) is 5.73 Å². The molecule has 0 saturated heterocycles. The van der Waals surface area contributed by atoms with Gasteiger partial charge in [0.1, 0.15) is 5.75 Å². The zero-order valence-electron chi connectivity index (χ0n) is 14.1. The number of fused-ring (bicyclic) bond motifs is 1. The number of hydrogen-bond donors (Lipinski definition) is 2. The lowest BCUT2D eigenvalue weighted by Crippen LogP contribution is -2.38. The summed E-state index contributed by atoms with van der Waals surface area (Å²) in [7, 11) is 0. The van der Waals surface area contributed by atoms with E-state index < -0.39 is 5.54 Å². The second-order valence-electron chi connectivity index (χ2n) is 6.25. The lowest BCUT2D eigenvalue weighted by molar-refractivity contribution is 0.203. The third-order valence-electron chi connectivity index (χ3n) is 3.91. The number of nitrogens with zero attached hydrogens (tertiary/aromatic N) is 2. The molecule has 0 aliphatic rings. The number of benzene rings is 1. The third-order valence-corrected chi connectivity index (χ3v) is 3.91. The van der Waals surface area contributed by atoms with E-state index in [0.29, 0.717) is 5.82 Å². The molecule has 126 valence electrons. The van der Waals surface area contributed by atoms with Gasteiger partial charge in [-0.1, -0.05) is 32.6 Å². The van der Waals surface area contributed by atoms with Crippen molar-refractivity contribution in [3.63, 3.8) is 0 Å². The first-order valence-electron chi connectivity index (χ1n) is 8.36. The van der Waals surface area contributed by atoms with Crippen LogP contribution < -0.4 is 10.5 Å². The minimum atomic E-state index is -0.929. The average Bonchev–Trinajstić information content (AvgIpc) is 2.57. The van der Waals surface area contributed by atoms with Crippen LogP contribution in [0.5, 0.6) is 5.75 Å². The summed E-state index contributed by atoms with van der Waals surface area (Å²) >= 11 is 0. The van der Waals surface area contributed by atoms with Crippen LogP contribution in [0.25, 0.3) is 10.9 Å². The molecule has 0 aliphatic carbocycles. The Morgan fingerprint density at radius 3 is 2.74 bits per heavy atom. The van der Waals surface area contributed by atoms with Gasteiger partial charge in [0, 0.05) is 11.6 Å². The highest BCUT2D eigenvalue weighted by atomic mass is 16.5. The zero-order chi connectivity index (χ0) is 16.7. The van der Waals surface area contributed by atoms with Crippen molar-refractivity contribution in [1.29, 1.82) is 0 Å². The number of nitrogens with two attached hydrogens (primary N) is 1. The quantitative estimate of drug-likeness (QED) is 0.694. The normalized spacial score (nSPS) is 13.9. The molecule has 2 rings (SSSR count). The Hall–Kier alpha value is -1.72. The number of hydrogen-bond acceptors (Lipinski definition) is 5. The standard InChI is InChI=1S/C18H27N3O2/c1-3-4-5-6-7-10-23-15-8-9-16-14(11-15)12-20-17(21-16)18(2,19)13-22/h8-9,11-12,22H,3-7,10,13,19H2,1-2H3. The van der Waals surface area contributed by atoms with Gasteiger partial charge < -0.3 is 15.6 Å². The van der Waals surface area contributed by atoms with E-state index in [9.17, 15) is 5.11 Å². The Morgan fingerprint density at radius 1 is 1.22 bits per heavy atom. The largest absolute Gasteiger partial charge is 0.494 e. The Kier molecular flexibility index (Phi) is 6.30. The van der Waals surface area contributed by atoms with Crippen molar-refractivity contribution in [2.45, 2.75) is 51.5 Å². The first-order chi connectivity index (χ1) is 11.1. The van der Waals surface area contributed by atoms with Gasteiger partial charge in [-0.2, -0.15) is 0 Å². The van der Waals surface area contributed by atoms with E-state index in [0.717, 1.165) is 29.7 Å². The van der Waals surface area contributed by atoms with Crippen LogP contribution in [0.1, 0.15) is 51.8 Å². The molecule has 0 spiro atoms. The summed E-state index contributed by atoms with van der Waals surface area (Å²) in [6, 6.07) is 5.76. The number of ether oxygens (including phenoxy) is 1. The van der Waals surface area contributed by atoms with Gasteiger partial charge in [-0.15, -0.1) is 0 Å². The summed E-state index contributed by atoms with van der Waals surface area (Å²) in [6.45, 7) is 4.47. The number of aromatic nitrogens is 2. The van der Waals surface area contributed by atoms with Gasteiger partial charge in [-0.3, -0.25) is 0 Å². The first kappa shape index (κ1) is 17.6. The van der Waals surface area contributed by atoms with Crippen LogP contribution in [0.3, 0.4) is 0 Å². The van der Waals surface area contributed by atoms with Crippen molar-refractivity contribution in [1.82, 2.24) is 9.97 Å². The number of aliphatic hydroxyl groups is 1. The molecule has 3 N–H and O–H groups in total. The summed E-state index contributed by atoms with van der Waals surface area (Å²) in [4.78, 5) is 8.71. The molecular weight excluding hydrogens is 290 g/mol. The molecule has 0 radical (unpaired) electrons. The maximum Gasteiger partial charge on any atom is 0.150 e. The molecule has 1 unspecified atom stereocenters. The van der Waals surface area contributed by atoms with Gasteiger partial charge in [0.25, 0.3) is 0 Å². The minimum absolute atomic E-state index is 0.197. The van der Waals surface area contributed by atoms with Gasteiger partial charge in [0.05, 0.1) is 24.3 Å². The van der Waals surface area contributed by atoms with Crippen molar-refractivity contribution >= 4 is 10.9 Å². The Morgan fingerprint density at radius 2 is 2.00 bits per heavy atom. The summed E-state index contributed by atoms with van der Waals surface area (Å²) in [5.41, 5.74) is 5.85. The average molecular weight is 317 g/mol. The molecule has 23 heavy (non-hydrogen) atoms. The topological polar surface area (TPSA) is 81.3 Å². The second-order valence-corrected chi connectivity index (χ2v) is 6.25. The fraction of sp³-hybridized carbons (Fsp3) is 0.556. The highest BCUT2D eigenvalue weighted by Gasteiger charge is 2.23. The van der Waals surface area contributed by atoms with Crippen LogP contribution in [-0.2, 0) is 5.54 Å². The first-order valence-corrected chi connectivity index (χ1v) is 8.36. The Bertz CT molecular complexity index is 629. The fourth-order valence-electron chi connectivity index (χ4n) is 2.34. The lowest BCUT2D eigenvalue weighted by Gasteiger charge is -2.19. The van der Waals surface area contributed by atoms with E-state index in [-0.39, 0.29) is 6.61 Å². The van der Waals surface area contributed by atoms with Crippen LogP contribution in [0, 0.1) is 0 Å². The van der Waals surface area contributed by atoms with Crippen LogP contribution in [0.4, 0.5) is 0 Å². The molecule has 0 aliphatic heterocycles. The van der Waals surface area contributed by atoms with Crippen LogP contribution in [0.2, 0.25) is 0 Å². The predicted octanol–water partition coefficient (Wildman–Crippen LogP) is 3.15. The van der Waals surface area contributed by atoms with Crippen LogP contribution in [-0.4, -0.2) is 28.3 Å². The van der Waals surface area contributed by atoms with Crippen molar-refractivity contribution < 1.29 is 9.84 Å². The van der Waals surface area contributed by atoms with Gasteiger partial charge in [-0.25, -0.2) is 9.97 Å². The Labute approximate surface area is 137 Å². The monoisotopic (exact) mass is 317 g/mol. The molecule has 2 aromatic rings. The van der Waals surface area contributed by atoms with E-state index >= 15 is 0 Å². The number of unbranched alkanes of at least 4 members (excludes halogenated alkanes) is 4. The number of rotatable bonds is 9. The SMILES string of the molecule is CCCCCCCOc1ccc2nc(C(C)(N)CO)ncc2c1. The predicted molar refractivity (Wildman–Crippen MR) is 92.4 cm³/mol. The van der Waals surface area contributed by atoms with E-state index in [1.54, 1.807) is 13.1 Å². The molecular formula is C18H27N3O2. The molecule has 0 bridgehead atoms. The molecule has 1 atom stereocenters. The molecule has 1 aromatic carbocycles. The fourth-order valence-corrected chi connectivity index (χ4v) is 2.34. The van der Waals surface area contributed by atoms with E-state index in [1.165, 1.54) is 25.7 Å². The van der Waals surface area contributed by atoms with E-state index in [4.69, 9.17) is 10.5 Å². The summed E-state index contributed by atoms with van der Waals surface area (Å²) < 4.78 is 5.79. The van der Waals surface area contributed by atoms with Crippen molar-refractivity contribution in [2.75, 3.05) is 13.2 Å². The highest BCUT2D eigenvalue weighted by Crippen LogP contribution is 2.21. The maximum absolute atomic E-state index is 9.31. The second kappa shape index (κ2) is 8.22. The van der Waals surface area contributed by atoms with Gasteiger partial charge >= 0.3 is 0 Å². The maximum atomic E-state index is 9.31. The summed E-state index contributed by atoms with van der Waals surface area (Å²) in [6.07, 6.45) is 7.85. The van der Waals surface area contributed by atoms with E-state index in [2.05, 4.69) is 16.9 Å². The van der Waals surface area contributed by atoms with Crippen molar-refractivity contribution in [3.8, 4) is 5.75 Å². The van der Waals surface area contributed by atoms with Gasteiger partial charge in [0.2, 0.25) is 0 Å². The third kappa shape index (κ3) is 4.88. The molecule has 1 heterocycles. The molecule has 5 heteroatoms. The van der Waals surface area contributed by atoms with Crippen LogP contribution >= 0.6 is 0 Å². The number of aliphatic hydroxyl groups excluding tert-OH is 1. The Balaban J connectivity index is 1.98. The van der Waals surface area contributed by atoms with Crippen LogP contribution in [0.15, 0.2) is 24.4 Å². The molecule has 5 nitrogen and oxygen atoms in total. The highest BCUT2D eigenvalue weighted by molar-refractivity contribution is 5.79. The molecule has 1 aromatic heterocycles. The minimum Gasteiger partial charge on any atom is -0.494 e.